The van der Waals surface area contributed by atoms with Crippen molar-refractivity contribution in [1.29, 1.82) is 0 Å². The molecule has 2 N–H and O–H groups in total. The fraction of sp³-hybridized carbons (Fsp3) is 0.412. The van der Waals surface area contributed by atoms with E-state index in [1.807, 2.05) is 38.1 Å². The van der Waals surface area contributed by atoms with Crippen LogP contribution in [-0.4, -0.2) is 22.7 Å². The van der Waals surface area contributed by atoms with Gasteiger partial charge in [-0.3, -0.25) is 9.89 Å². The third-order valence-electron chi connectivity index (χ3n) is 3.23. The largest absolute Gasteiger partial charge is 0.491 e. The predicted octanol–water partition coefficient (Wildman–Crippen LogP) is 4.58. The molecule has 0 unspecified atom stereocenters. The van der Waals surface area contributed by atoms with Crippen LogP contribution in [0.4, 0.5) is 5.69 Å². The summed E-state index contributed by atoms with van der Waals surface area (Å²) in [6.07, 6.45) is 0. The Labute approximate surface area is 144 Å². The fourth-order valence-electron chi connectivity index (χ4n) is 2.01. The number of anilines is 1. The SMILES string of the molecule is CC(C)COc1ccccc1NC(=O)c1n[nH]c(C(C)C)c1Br. The molecule has 6 heteroatoms. The lowest BCUT2D eigenvalue weighted by molar-refractivity contribution is 0.102. The molecular weight excluding hydrogens is 358 g/mol. The molecule has 2 aromatic rings. The third kappa shape index (κ3) is 4.34. The van der Waals surface area contributed by atoms with Crippen molar-refractivity contribution in [2.45, 2.75) is 33.6 Å². The Balaban J connectivity index is 2.17. The molecule has 0 fully saturated rings. The normalized spacial score (nSPS) is 11.1. The number of benzene rings is 1. The molecule has 5 nitrogen and oxygen atoms in total. The van der Waals surface area contributed by atoms with Gasteiger partial charge in [-0.15, -0.1) is 0 Å². The topological polar surface area (TPSA) is 67.0 Å². The van der Waals surface area contributed by atoms with Crippen molar-refractivity contribution >= 4 is 27.5 Å². The van der Waals surface area contributed by atoms with E-state index in [0.717, 1.165) is 5.69 Å². The van der Waals surface area contributed by atoms with Gasteiger partial charge in [-0.1, -0.05) is 39.8 Å². The summed E-state index contributed by atoms with van der Waals surface area (Å²) in [4.78, 5) is 12.5. The minimum Gasteiger partial charge on any atom is -0.491 e. The van der Waals surface area contributed by atoms with E-state index in [1.54, 1.807) is 0 Å². The first-order valence-electron chi connectivity index (χ1n) is 7.67. The molecule has 1 amide bonds. The van der Waals surface area contributed by atoms with Gasteiger partial charge >= 0.3 is 0 Å². The molecule has 0 atom stereocenters. The van der Waals surface area contributed by atoms with Crippen LogP contribution in [0.2, 0.25) is 0 Å². The molecule has 2 rings (SSSR count). The number of carbonyl (C=O) groups excluding carboxylic acids is 1. The molecule has 0 aliphatic carbocycles. The standard InChI is InChI=1S/C17H22BrN3O2/c1-10(2)9-23-13-8-6-5-7-12(13)19-17(22)16-14(18)15(11(3)4)20-21-16/h5-8,10-11H,9H2,1-4H3,(H,19,22)(H,20,21). The van der Waals surface area contributed by atoms with E-state index in [4.69, 9.17) is 4.74 Å². The first-order chi connectivity index (χ1) is 10.9. The van der Waals surface area contributed by atoms with Gasteiger partial charge in [0.15, 0.2) is 5.69 Å². The zero-order valence-electron chi connectivity index (χ0n) is 13.8. The van der Waals surface area contributed by atoms with Crippen molar-refractivity contribution in [2.75, 3.05) is 11.9 Å². The number of aromatic nitrogens is 2. The lowest BCUT2D eigenvalue weighted by Crippen LogP contribution is -2.15. The Morgan fingerprint density at radius 2 is 2.00 bits per heavy atom. The first kappa shape index (κ1) is 17.5. The Hall–Kier alpha value is -1.82. The smallest absolute Gasteiger partial charge is 0.277 e. The van der Waals surface area contributed by atoms with Crippen molar-refractivity contribution < 1.29 is 9.53 Å². The van der Waals surface area contributed by atoms with Crippen LogP contribution in [0.15, 0.2) is 28.7 Å². The highest BCUT2D eigenvalue weighted by molar-refractivity contribution is 9.10. The van der Waals surface area contributed by atoms with Crippen LogP contribution >= 0.6 is 15.9 Å². The lowest BCUT2D eigenvalue weighted by atomic mass is 10.1. The number of H-pyrrole nitrogens is 1. The molecule has 0 bridgehead atoms. The van der Waals surface area contributed by atoms with Crippen molar-refractivity contribution in [1.82, 2.24) is 10.2 Å². The number of ether oxygens (including phenoxy) is 1. The van der Waals surface area contributed by atoms with E-state index in [1.165, 1.54) is 0 Å². The number of para-hydroxylation sites is 2. The van der Waals surface area contributed by atoms with Crippen LogP contribution in [-0.2, 0) is 0 Å². The summed E-state index contributed by atoms with van der Waals surface area (Å²) in [5.74, 6) is 1.04. The number of amides is 1. The average molecular weight is 380 g/mol. The highest BCUT2D eigenvalue weighted by Gasteiger charge is 2.20. The summed E-state index contributed by atoms with van der Waals surface area (Å²) >= 11 is 3.45. The zero-order valence-corrected chi connectivity index (χ0v) is 15.4. The minimum absolute atomic E-state index is 0.250. The Morgan fingerprint density at radius 3 is 2.61 bits per heavy atom. The summed E-state index contributed by atoms with van der Waals surface area (Å²) in [7, 11) is 0. The summed E-state index contributed by atoms with van der Waals surface area (Å²) in [5.41, 5.74) is 1.88. The first-order valence-corrected chi connectivity index (χ1v) is 8.46. The van der Waals surface area contributed by atoms with E-state index in [0.29, 0.717) is 34.1 Å². The van der Waals surface area contributed by atoms with Crippen LogP contribution in [0.3, 0.4) is 0 Å². The molecule has 0 saturated heterocycles. The predicted molar refractivity (Wildman–Crippen MR) is 95.1 cm³/mol. The number of hydrogen-bond donors (Lipinski definition) is 2. The van der Waals surface area contributed by atoms with E-state index >= 15 is 0 Å². The Morgan fingerprint density at radius 1 is 1.30 bits per heavy atom. The van der Waals surface area contributed by atoms with E-state index in [2.05, 4.69) is 45.3 Å². The minimum atomic E-state index is -0.277. The third-order valence-corrected chi connectivity index (χ3v) is 4.04. The number of hydrogen-bond acceptors (Lipinski definition) is 3. The molecule has 0 spiro atoms. The number of carbonyl (C=O) groups is 1. The molecule has 0 aliphatic heterocycles. The van der Waals surface area contributed by atoms with Gasteiger partial charge in [-0.05, 0) is 39.9 Å². The summed E-state index contributed by atoms with van der Waals surface area (Å²) in [6, 6.07) is 7.40. The molecule has 0 saturated carbocycles. The summed E-state index contributed by atoms with van der Waals surface area (Å²) < 4.78 is 6.45. The van der Waals surface area contributed by atoms with Gasteiger partial charge in [0.25, 0.3) is 5.91 Å². The van der Waals surface area contributed by atoms with Gasteiger partial charge in [-0.2, -0.15) is 5.10 Å². The van der Waals surface area contributed by atoms with Crippen molar-refractivity contribution in [2.24, 2.45) is 5.92 Å². The summed E-state index contributed by atoms with van der Waals surface area (Å²) in [5, 5.41) is 9.89. The fourth-order valence-corrected chi connectivity index (χ4v) is 2.82. The number of halogens is 1. The van der Waals surface area contributed by atoms with E-state index in [-0.39, 0.29) is 11.8 Å². The van der Waals surface area contributed by atoms with E-state index in [9.17, 15) is 4.79 Å². The van der Waals surface area contributed by atoms with Gasteiger partial charge in [0.1, 0.15) is 5.75 Å². The molecule has 124 valence electrons. The highest BCUT2D eigenvalue weighted by Crippen LogP contribution is 2.28. The molecule has 1 heterocycles. The maximum Gasteiger partial charge on any atom is 0.277 e. The lowest BCUT2D eigenvalue weighted by Gasteiger charge is -2.13. The van der Waals surface area contributed by atoms with Crippen molar-refractivity contribution in [3.63, 3.8) is 0 Å². The monoisotopic (exact) mass is 379 g/mol. The van der Waals surface area contributed by atoms with Gasteiger partial charge in [0.05, 0.1) is 22.5 Å². The second-order valence-corrected chi connectivity index (χ2v) is 6.90. The maximum atomic E-state index is 12.5. The second kappa shape index (κ2) is 7.64. The van der Waals surface area contributed by atoms with Crippen LogP contribution in [0.25, 0.3) is 0 Å². The van der Waals surface area contributed by atoms with Crippen LogP contribution < -0.4 is 10.1 Å². The average Bonchev–Trinajstić information content (AvgIpc) is 2.88. The van der Waals surface area contributed by atoms with Crippen LogP contribution in [0, 0.1) is 5.92 Å². The van der Waals surface area contributed by atoms with Crippen LogP contribution in [0.5, 0.6) is 5.75 Å². The van der Waals surface area contributed by atoms with Crippen molar-refractivity contribution in [3.8, 4) is 5.75 Å². The zero-order chi connectivity index (χ0) is 17.0. The van der Waals surface area contributed by atoms with Gasteiger partial charge in [0.2, 0.25) is 0 Å². The number of aromatic amines is 1. The van der Waals surface area contributed by atoms with Crippen LogP contribution in [0.1, 0.15) is 49.8 Å². The molecule has 1 aromatic heterocycles. The molecule has 0 radical (unpaired) electrons. The quantitative estimate of drug-likeness (QED) is 0.771. The number of rotatable bonds is 6. The summed E-state index contributed by atoms with van der Waals surface area (Å²) in [6.45, 7) is 8.82. The van der Waals surface area contributed by atoms with Crippen molar-refractivity contribution in [3.05, 3.63) is 40.1 Å². The van der Waals surface area contributed by atoms with Gasteiger partial charge in [-0.25, -0.2) is 0 Å². The number of nitrogens with one attached hydrogen (secondary N) is 2. The molecule has 23 heavy (non-hydrogen) atoms. The van der Waals surface area contributed by atoms with Gasteiger partial charge in [0, 0.05) is 0 Å². The van der Waals surface area contributed by atoms with E-state index < -0.39 is 0 Å². The molecule has 1 aromatic carbocycles. The highest BCUT2D eigenvalue weighted by atomic mass is 79.9. The molecular formula is C17H22BrN3O2. The van der Waals surface area contributed by atoms with Gasteiger partial charge < -0.3 is 10.1 Å². The second-order valence-electron chi connectivity index (χ2n) is 6.11. The Kier molecular flexibility index (Phi) is 5.82. The molecule has 0 aliphatic rings. The Bertz CT molecular complexity index is 680. The number of nitrogens with zero attached hydrogens (tertiary/aromatic N) is 1. The maximum absolute atomic E-state index is 12.5.